The molecule has 1 heterocycles. The fourth-order valence-corrected chi connectivity index (χ4v) is 4.72. The van der Waals surface area contributed by atoms with Crippen molar-refractivity contribution in [1.82, 2.24) is 4.72 Å². The Bertz CT molecular complexity index is 581. The first-order chi connectivity index (χ1) is 8.89. The van der Waals surface area contributed by atoms with Gasteiger partial charge in [0.25, 0.3) is 0 Å². The molecule has 4 nitrogen and oxygen atoms in total. The standard InChI is InChI=1S/C13H17NO3S2/c1-9(2)8-19(16,17)14-13(15)11-7-18-12-6-4-3-5-10(11)12/h3-6,9,11H,7-8H2,1-2H3,(H,14,15). The quantitative estimate of drug-likeness (QED) is 0.923. The van der Waals surface area contributed by atoms with E-state index >= 15 is 0 Å². The number of hydrogen-bond acceptors (Lipinski definition) is 4. The van der Waals surface area contributed by atoms with Crippen molar-refractivity contribution in [3.8, 4) is 0 Å². The highest BCUT2D eigenvalue weighted by molar-refractivity contribution is 7.99. The summed E-state index contributed by atoms with van der Waals surface area (Å²) in [4.78, 5) is 13.2. The molecule has 6 heteroatoms. The van der Waals surface area contributed by atoms with Gasteiger partial charge >= 0.3 is 0 Å². The van der Waals surface area contributed by atoms with Crippen LogP contribution in [0.25, 0.3) is 0 Å². The lowest BCUT2D eigenvalue weighted by molar-refractivity contribution is -0.120. The first-order valence-electron chi connectivity index (χ1n) is 6.15. The minimum atomic E-state index is -3.53. The summed E-state index contributed by atoms with van der Waals surface area (Å²) in [7, 11) is -3.53. The average molecular weight is 299 g/mol. The maximum absolute atomic E-state index is 12.1. The van der Waals surface area contributed by atoms with Gasteiger partial charge in [0, 0.05) is 10.6 Å². The van der Waals surface area contributed by atoms with Gasteiger partial charge in [-0.05, 0) is 17.5 Å². The second-order valence-electron chi connectivity index (χ2n) is 5.04. The second-order valence-corrected chi connectivity index (χ2v) is 7.87. The number of thioether (sulfide) groups is 1. The van der Waals surface area contributed by atoms with E-state index in [4.69, 9.17) is 0 Å². The number of fused-ring (bicyclic) bond motifs is 1. The van der Waals surface area contributed by atoms with Crippen LogP contribution in [0.2, 0.25) is 0 Å². The van der Waals surface area contributed by atoms with Gasteiger partial charge in [0.2, 0.25) is 15.9 Å². The third kappa shape index (κ3) is 3.51. The normalized spacial score (nSPS) is 18.4. The SMILES string of the molecule is CC(C)CS(=O)(=O)NC(=O)C1CSc2ccccc21. The van der Waals surface area contributed by atoms with Crippen LogP contribution in [0.3, 0.4) is 0 Å². The van der Waals surface area contributed by atoms with Crippen molar-refractivity contribution in [1.29, 1.82) is 0 Å². The van der Waals surface area contributed by atoms with Gasteiger partial charge in [-0.3, -0.25) is 9.52 Å². The molecular weight excluding hydrogens is 282 g/mol. The molecule has 1 atom stereocenters. The van der Waals surface area contributed by atoms with Crippen LogP contribution in [0, 0.1) is 5.92 Å². The minimum absolute atomic E-state index is 0.00413. The molecule has 104 valence electrons. The molecule has 0 aromatic heterocycles. The molecule has 1 aliphatic heterocycles. The number of sulfonamides is 1. The van der Waals surface area contributed by atoms with Crippen molar-refractivity contribution in [2.45, 2.75) is 24.7 Å². The molecule has 2 rings (SSSR count). The van der Waals surface area contributed by atoms with Gasteiger partial charge in [-0.1, -0.05) is 32.0 Å². The lowest BCUT2D eigenvalue weighted by Crippen LogP contribution is -2.37. The highest BCUT2D eigenvalue weighted by atomic mass is 32.2. The summed E-state index contributed by atoms with van der Waals surface area (Å²) in [6, 6.07) is 7.62. The highest BCUT2D eigenvalue weighted by Crippen LogP contribution is 2.39. The number of rotatable bonds is 4. The van der Waals surface area contributed by atoms with E-state index in [2.05, 4.69) is 4.72 Å². The zero-order valence-corrected chi connectivity index (χ0v) is 12.6. The minimum Gasteiger partial charge on any atom is -0.273 e. The summed E-state index contributed by atoms with van der Waals surface area (Å²) in [6.45, 7) is 3.62. The molecule has 1 N–H and O–H groups in total. The van der Waals surface area contributed by atoms with Crippen molar-refractivity contribution in [2.24, 2.45) is 5.92 Å². The lowest BCUT2D eigenvalue weighted by atomic mass is 10.0. The maximum Gasteiger partial charge on any atom is 0.241 e. The molecule has 0 saturated heterocycles. The van der Waals surface area contributed by atoms with Crippen molar-refractivity contribution < 1.29 is 13.2 Å². The lowest BCUT2D eigenvalue weighted by Gasteiger charge is -2.13. The van der Waals surface area contributed by atoms with Gasteiger partial charge in [0.1, 0.15) is 0 Å². The van der Waals surface area contributed by atoms with Gasteiger partial charge < -0.3 is 0 Å². The predicted octanol–water partition coefficient (Wildman–Crippen LogP) is 1.98. The number of hydrogen-bond donors (Lipinski definition) is 1. The van der Waals surface area contributed by atoms with E-state index in [0.29, 0.717) is 5.75 Å². The third-order valence-electron chi connectivity index (χ3n) is 2.83. The van der Waals surface area contributed by atoms with Gasteiger partial charge in [-0.15, -0.1) is 11.8 Å². The number of carbonyl (C=O) groups is 1. The number of benzene rings is 1. The van der Waals surface area contributed by atoms with E-state index in [1.807, 2.05) is 38.1 Å². The Labute approximate surface area is 118 Å². The van der Waals surface area contributed by atoms with Gasteiger partial charge in [-0.25, -0.2) is 8.42 Å². The predicted molar refractivity (Wildman–Crippen MR) is 76.7 cm³/mol. The van der Waals surface area contributed by atoms with Gasteiger partial charge in [0.15, 0.2) is 0 Å². The molecule has 1 unspecified atom stereocenters. The van der Waals surface area contributed by atoms with E-state index in [1.54, 1.807) is 11.8 Å². The molecule has 19 heavy (non-hydrogen) atoms. The molecule has 1 aromatic rings. The molecule has 1 amide bonds. The van der Waals surface area contributed by atoms with E-state index in [1.165, 1.54) is 0 Å². The van der Waals surface area contributed by atoms with E-state index in [9.17, 15) is 13.2 Å². The summed E-state index contributed by atoms with van der Waals surface area (Å²) in [5.41, 5.74) is 0.921. The first-order valence-corrected chi connectivity index (χ1v) is 8.79. The molecule has 1 aromatic carbocycles. The smallest absolute Gasteiger partial charge is 0.241 e. The molecular formula is C13H17NO3S2. The van der Waals surface area contributed by atoms with Crippen molar-refractivity contribution in [3.05, 3.63) is 29.8 Å². The van der Waals surface area contributed by atoms with E-state index in [-0.39, 0.29) is 17.6 Å². The zero-order valence-electron chi connectivity index (χ0n) is 10.9. The second kappa shape index (κ2) is 5.54. The maximum atomic E-state index is 12.1. The summed E-state index contributed by atoms with van der Waals surface area (Å²) >= 11 is 1.59. The number of amides is 1. The fourth-order valence-electron chi connectivity index (χ4n) is 2.08. The fraction of sp³-hybridized carbons (Fsp3) is 0.462. The third-order valence-corrected chi connectivity index (χ3v) is 5.63. The summed E-state index contributed by atoms with van der Waals surface area (Å²) in [6.07, 6.45) is 0. The van der Waals surface area contributed by atoms with Crippen molar-refractivity contribution in [2.75, 3.05) is 11.5 Å². The molecule has 0 radical (unpaired) electrons. The Kier molecular flexibility index (Phi) is 4.20. The highest BCUT2D eigenvalue weighted by Gasteiger charge is 2.31. The Morgan fingerprint density at radius 3 is 2.79 bits per heavy atom. The van der Waals surface area contributed by atoms with Crippen LogP contribution in [-0.2, 0) is 14.8 Å². The largest absolute Gasteiger partial charge is 0.273 e. The Balaban J connectivity index is 2.11. The number of nitrogens with one attached hydrogen (secondary N) is 1. The Morgan fingerprint density at radius 1 is 1.42 bits per heavy atom. The van der Waals surface area contributed by atoms with Crippen LogP contribution in [0.1, 0.15) is 25.3 Å². The summed E-state index contributed by atoms with van der Waals surface area (Å²) in [5.74, 6) is -0.223. The Hall–Kier alpha value is -1.01. The van der Waals surface area contributed by atoms with Crippen LogP contribution in [-0.4, -0.2) is 25.8 Å². The van der Waals surface area contributed by atoms with Crippen LogP contribution in [0.15, 0.2) is 29.2 Å². The van der Waals surface area contributed by atoms with Gasteiger partial charge in [-0.2, -0.15) is 0 Å². The summed E-state index contributed by atoms with van der Waals surface area (Å²) < 4.78 is 25.8. The van der Waals surface area contributed by atoms with Crippen LogP contribution >= 0.6 is 11.8 Å². The Morgan fingerprint density at radius 2 is 2.11 bits per heavy atom. The topological polar surface area (TPSA) is 63.2 Å². The first kappa shape index (κ1) is 14.4. The van der Waals surface area contributed by atoms with E-state index < -0.39 is 15.9 Å². The average Bonchev–Trinajstić information content (AvgIpc) is 2.69. The monoisotopic (exact) mass is 299 g/mol. The molecule has 0 aliphatic carbocycles. The van der Waals surface area contributed by atoms with Crippen LogP contribution in [0.5, 0.6) is 0 Å². The van der Waals surface area contributed by atoms with E-state index in [0.717, 1.165) is 10.5 Å². The zero-order chi connectivity index (χ0) is 14.0. The van der Waals surface area contributed by atoms with Crippen LogP contribution < -0.4 is 4.72 Å². The van der Waals surface area contributed by atoms with Crippen molar-refractivity contribution >= 4 is 27.7 Å². The molecule has 0 spiro atoms. The molecule has 0 fully saturated rings. The van der Waals surface area contributed by atoms with Gasteiger partial charge in [0.05, 0.1) is 11.7 Å². The molecule has 0 bridgehead atoms. The summed E-state index contributed by atoms with van der Waals surface area (Å²) in [5, 5.41) is 0. The van der Waals surface area contributed by atoms with Crippen LogP contribution in [0.4, 0.5) is 0 Å². The van der Waals surface area contributed by atoms with Crippen molar-refractivity contribution in [3.63, 3.8) is 0 Å². The molecule has 1 aliphatic rings. The number of carbonyl (C=O) groups excluding carboxylic acids is 1. The molecule has 0 saturated carbocycles.